The molecule has 8 nitrogen and oxygen atoms in total. The fraction of sp³-hybridized carbons (Fsp3) is 0.286. The van der Waals surface area contributed by atoms with Crippen molar-refractivity contribution in [2.24, 2.45) is 0 Å². The van der Waals surface area contributed by atoms with Gasteiger partial charge in [-0.3, -0.25) is 4.79 Å². The van der Waals surface area contributed by atoms with Crippen LogP contribution in [-0.2, 0) is 0 Å². The molecule has 3 aromatic rings. The summed E-state index contributed by atoms with van der Waals surface area (Å²) in [4.78, 5) is 16.8. The third-order valence-electron chi connectivity index (χ3n) is 4.49. The number of rotatable bonds is 9. The van der Waals surface area contributed by atoms with Crippen LogP contribution >= 0.6 is 11.6 Å². The van der Waals surface area contributed by atoms with Crippen LogP contribution in [0, 0.1) is 0 Å². The second-order valence-electron chi connectivity index (χ2n) is 6.68. The van der Waals surface area contributed by atoms with Crippen LogP contribution in [0.4, 0.5) is 5.82 Å². The van der Waals surface area contributed by atoms with E-state index in [4.69, 9.17) is 22.1 Å². The third kappa shape index (κ3) is 5.08. The van der Waals surface area contributed by atoms with Crippen molar-refractivity contribution in [1.29, 1.82) is 0 Å². The van der Waals surface area contributed by atoms with Gasteiger partial charge in [0.1, 0.15) is 5.69 Å². The first kappa shape index (κ1) is 21.6. The molecule has 30 heavy (non-hydrogen) atoms. The van der Waals surface area contributed by atoms with E-state index < -0.39 is 6.04 Å². The molecule has 1 unspecified atom stereocenters. The lowest BCUT2D eigenvalue weighted by Crippen LogP contribution is -2.30. The molecule has 4 N–H and O–H groups in total. The molecule has 1 aromatic carbocycles. The van der Waals surface area contributed by atoms with Crippen LogP contribution in [-0.4, -0.2) is 39.0 Å². The maximum Gasteiger partial charge on any atom is 0.255 e. The average Bonchev–Trinajstić information content (AvgIpc) is 3.23. The van der Waals surface area contributed by atoms with E-state index in [1.807, 2.05) is 0 Å². The number of nitrogen functional groups attached to an aromatic ring is 1. The van der Waals surface area contributed by atoms with Gasteiger partial charge in [0.15, 0.2) is 11.6 Å². The number of hydrogen-bond acceptors (Lipinski definition) is 6. The average molecular weight is 430 g/mol. The number of anilines is 1. The highest BCUT2D eigenvalue weighted by Crippen LogP contribution is 2.28. The van der Waals surface area contributed by atoms with Gasteiger partial charge in [-0.05, 0) is 30.2 Å². The maximum atomic E-state index is 12.7. The second kappa shape index (κ2) is 10.1. The number of aromatic nitrogens is 3. The Labute approximate surface area is 179 Å². The normalized spacial score (nSPS) is 11.8. The van der Waals surface area contributed by atoms with E-state index in [0.29, 0.717) is 34.2 Å². The van der Waals surface area contributed by atoms with Gasteiger partial charge < -0.3 is 20.9 Å². The third-order valence-corrected chi connectivity index (χ3v) is 4.72. The van der Waals surface area contributed by atoms with Crippen LogP contribution in [0.15, 0.2) is 48.9 Å². The molecule has 0 bridgehead atoms. The molecule has 0 fully saturated rings. The first-order chi connectivity index (χ1) is 14.5. The number of benzene rings is 1. The van der Waals surface area contributed by atoms with Gasteiger partial charge in [0.2, 0.25) is 0 Å². The molecular weight excluding hydrogens is 406 g/mol. The smallest absolute Gasteiger partial charge is 0.255 e. The number of ether oxygens (including phenoxy) is 1. The van der Waals surface area contributed by atoms with E-state index in [1.165, 1.54) is 10.9 Å². The van der Waals surface area contributed by atoms with Gasteiger partial charge >= 0.3 is 0 Å². The van der Waals surface area contributed by atoms with Gasteiger partial charge in [-0.1, -0.05) is 37.1 Å². The summed E-state index contributed by atoms with van der Waals surface area (Å²) in [7, 11) is 0. The standard InChI is InChI=1S/C21H24ClN5O3/c1-2-3-9-30-19-18(7-8-24-20(19)23)27-12-15(11-25-27)21(29)26-17(13-28)14-5-4-6-16(22)10-14/h4-8,10-12,17,28H,2-3,9,13H2,1H3,(H2,23,24)(H,26,29). The van der Waals surface area contributed by atoms with Crippen LogP contribution in [0.1, 0.15) is 41.7 Å². The minimum absolute atomic E-state index is 0.256. The maximum absolute atomic E-state index is 12.7. The van der Waals surface area contributed by atoms with E-state index in [0.717, 1.165) is 12.8 Å². The number of unbranched alkanes of at least 4 members (excludes halogenated alkanes) is 1. The minimum Gasteiger partial charge on any atom is -0.488 e. The molecule has 1 atom stereocenters. The van der Waals surface area contributed by atoms with Crippen molar-refractivity contribution in [2.45, 2.75) is 25.8 Å². The topological polar surface area (TPSA) is 115 Å². The number of nitrogens with two attached hydrogens (primary N) is 1. The molecule has 0 aliphatic rings. The number of aliphatic hydroxyl groups excluding tert-OH is 1. The molecule has 158 valence electrons. The summed E-state index contributed by atoms with van der Waals surface area (Å²) in [5.74, 6) is 0.301. The number of halogens is 1. The Morgan fingerprint density at radius 1 is 1.40 bits per heavy atom. The van der Waals surface area contributed by atoms with Gasteiger partial charge in [-0.2, -0.15) is 5.10 Å². The number of nitrogens with zero attached hydrogens (tertiary/aromatic N) is 3. The van der Waals surface area contributed by atoms with Crippen molar-refractivity contribution in [1.82, 2.24) is 20.1 Å². The molecular formula is C21H24ClN5O3. The molecule has 2 heterocycles. The minimum atomic E-state index is -0.593. The predicted octanol–water partition coefficient (Wildman–Crippen LogP) is 3.15. The Bertz CT molecular complexity index is 1010. The SMILES string of the molecule is CCCCOc1c(-n2cc(C(=O)NC(CO)c3cccc(Cl)c3)cn2)ccnc1N. The molecule has 2 aromatic heterocycles. The number of carbonyl (C=O) groups is 1. The lowest BCUT2D eigenvalue weighted by atomic mass is 10.1. The fourth-order valence-corrected chi connectivity index (χ4v) is 3.07. The van der Waals surface area contributed by atoms with Crippen molar-refractivity contribution in [2.75, 3.05) is 18.9 Å². The lowest BCUT2D eigenvalue weighted by molar-refractivity contribution is 0.0916. The second-order valence-corrected chi connectivity index (χ2v) is 7.12. The summed E-state index contributed by atoms with van der Waals surface area (Å²) in [5, 5.41) is 17.3. The van der Waals surface area contributed by atoms with Crippen molar-refractivity contribution in [3.05, 3.63) is 65.1 Å². The van der Waals surface area contributed by atoms with Gasteiger partial charge in [-0.15, -0.1) is 0 Å². The first-order valence-corrected chi connectivity index (χ1v) is 10.0. The molecule has 0 radical (unpaired) electrons. The number of aliphatic hydroxyl groups is 1. The van der Waals surface area contributed by atoms with Crippen LogP contribution < -0.4 is 15.8 Å². The zero-order valence-corrected chi connectivity index (χ0v) is 17.3. The summed E-state index contributed by atoms with van der Waals surface area (Å²) >= 11 is 6.01. The Morgan fingerprint density at radius 3 is 2.97 bits per heavy atom. The van der Waals surface area contributed by atoms with Gasteiger partial charge in [0, 0.05) is 17.4 Å². The molecule has 0 aliphatic carbocycles. The van der Waals surface area contributed by atoms with Gasteiger partial charge in [0.05, 0.1) is 31.0 Å². The zero-order chi connectivity index (χ0) is 21.5. The van der Waals surface area contributed by atoms with E-state index in [1.54, 1.807) is 42.7 Å². The highest BCUT2D eigenvalue weighted by molar-refractivity contribution is 6.30. The summed E-state index contributed by atoms with van der Waals surface area (Å²) in [5.41, 5.74) is 7.59. The molecule has 0 saturated carbocycles. The fourth-order valence-electron chi connectivity index (χ4n) is 2.87. The largest absolute Gasteiger partial charge is 0.488 e. The number of hydrogen-bond donors (Lipinski definition) is 3. The van der Waals surface area contributed by atoms with Crippen molar-refractivity contribution >= 4 is 23.3 Å². The highest BCUT2D eigenvalue weighted by Gasteiger charge is 2.18. The van der Waals surface area contributed by atoms with Crippen LogP contribution in [0.3, 0.4) is 0 Å². The molecule has 3 rings (SSSR count). The number of carbonyl (C=O) groups excluding carboxylic acids is 1. The molecule has 0 aliphatic heterocycles. The Kier molecular flexibility index (Phi) is 7.26. The van der Waals surface area contributed by atoms with Gasteiger partial charge in [0.25, 0.3) is 5.91 Å². The Hall–Kier alpha value is -3.10. The molecule has 0 spiro atoms. The van der Waals surface area contributed by atoms with Crippen molar-refractivity contribution in [3.8, 4) is 11.4 Å². The van der Waals surface area contributed by atoms with Crippen molar-refractivity contribution < 1.29 is 14.6 Å². The molecule has 9 heteroatoms. The number of pyridine rings is 1. The summed E-state index contributed by atoms with van der Waals surface area (Å²) < 4.78 is 7.30. The van der Waals surface area contributed by atoms with Crippen LogP contribution in [0.2, 0.25) is 5.02 Å². The Balaban J connectivity index is 1.79. The van der Waals surface area contributed by atoms with E-state index >= 15 is 0 Å². The summed E-state index contributed by atoms with van der Waals surface area (Å²) in [6, 6.07) is 8.10. The molecule has 1 amide bonds. The van der Waals surface area contributed by atoms with Gasteiger partial charge in [-0.25, -0.2) is 9.67 Å². The lowest BCUT2D eigenvalue weighted by Gasteiger charge is -2.16. The number of amides is 1. The monoisotopic (exact) mass is 429 g/mol. The van der Waals surface area contributed by atoms with E-state index in [2.05, 4.69) is 22.3 Å². The quantitative estimate of drug-likeness (QED) is 0.450. The van der Waals surface area contributed by atoms with E-state index in [-0.39, 0.29) is 18.3 Å². The Morgan fingerprint density at radius 2 is 2.23 bits per heavy atom. The van der Waals surface area contributed by atoms with Crippen LogP contribution in [0.5, 0.6) is 5.75 Å². The predicted molar refractivity (Wildman–Crippen MR) is 115 cm³/mol. The summed E-state index contributed by atoms with van der Waals surface area (Å²) in [6.07, 6.45) is 6.43. The zero-order valence-electron chi connectivity index (χ0n) is 16.6. The van der Waals surface area contributed by atoms with Crippen molar-refractivity contribution in [3.63, 3.8) is 0 Å². The number of nitrogens with one attached hydrogen (secondary N) is 1. The first-order valence-electron chi connectivity index (χ1n) is 9.63. The highest BCUT2D eigenvalue weighted by atomic mass is 35.5. The van der Waals surface area contributed by atoms with Crippen LogP contribution in [0.25, 0.3) is 5.69 Å². The molecule has 0 saturated heterocycles. The van der Waals surface area contributed by atoms with E-state index in [9.17, 15) is 9.90 Å². The summed E-state index contributed by atoms with van der Waals surface area (Å²) in [6.45, 7) is 2.31.